The second-order valence-electron chi connectivity index (χ2n) is 6.51. The van der Waals surface area contributed by atoms with Gasteiger partial charge in [-0.2, -0.15) is 0 Å². The molecule has 1 atom stereocenters. The number of benzene rings is 1. The molecule has 0 saturated heterocycles. The van der Waals surface area contributed by atoms with Gasteiger partial charge in [-0.1, -0.05) is 30.3 Å². The number of carbonyl (C=O) groups excluding carboxylic acids is 2. The maximum absolute atomic E-state index is 12.0. The fourth-order valence-electron chi connectivity index (χ4n) is 2.47. The second kappa shape index (κ2) is 8.67. The van der Waals surface area contributed by atoms with Gasteiger partial charge >= 0.3 is 0 Å². The third-order valence-electron chi connectivity index (χ3n) is 3.89. The van der Waals surface area contributed by atoms with Gasteiger partial charge in [0.1, 0.15) is 0 Å². The molecule has 0 radical (unpaired) electrons. The lowest BCUT2D eigenvalue weighted by Crippen LogP contribution is -2.43. The maximum Gasteiger partial charge on any atom is 0.234 e. The number of rotatable bonds is 9. The van der Waals surface area contributed by atoms with Crippen LogP contribution in [-0.2, 0) is 16.0 Å². The molecule has 1 aliphatic rings. The Balaban J connectivity index is 1.61. The minimum absolute atomic E-state index is 0.0000685. The van der Waals surface area contributed by atoms with Crippen LogP contribution < -0.4 is 10.6 Å². The molecule has 126 valence electrons. The molecular formula is C18H27N3O2. The molecule has 0 bridgehead atoms. The average Bonchev–Trinajstić information content (AvgIpc) is 3.29. The van der Waals surface area contributed by atoms with E-state index in [9.17, 15) is 9.59 Å². The Morgan fingerprint density at radius 3 is 2.48 bits per heavy atom. The van der Waals surface area contributed by atoms with E-state index >= 15 is 0 Å². The third kappa shape index (κ3) is 7.28. The van der Waals surface area contributed by atoms with Crippen LogP contribution in [0.3, 0.4) is 0 Å². The number of hydrogen-bond donors (Lipinski definition) is 2. The van der Waals surface area contributed by atoms with Crippen molar-refractivity contribution in [3.05, 3.63) is 35.9 Å². The lowest BCUT2D eigenvalue weighted by molar-refractivity contribution is -0.124. The van der Waals surface area contributed by atoms with E-state index in [0.717, 1.165) is 25.7 Å². The molecule has 1 fully saturated rings. The number of amides is 2. The smallest absolute Gasteiger partial charge is 0.234 e. The van der Waals surface area contributed by atoms with Gasteiger partial charge in [0, 0.05) is 12.1 Å². The molecule has 1 aromatic rings. The predicted molar refractivity (Wildman–Crippen MR) is 91.0 cm³/mol. The molecule has 0 aromatic heterocycles. The number of carbonyl (C=O) groups is 2. The highest BCUT2D eigenvalue weighted by Crippen LogP contribution is 2.18. The molecular weight excluding hydrogens is 290 g/mol. The molecule has 0 spiro atoms. The molecule has 23 heavy (non-hydrogen) atoms. The number of likely N-dealkylation sites (N-methyl/N-ethyl adjacent to an activating group) is 1. The number of hydrogen-bond acceptors (Lipinski definition) is 3. The zero-order valence-corrected chi connectivity index (χ0v) is 14.0. The lowest BCUT2D eigenvalue weighted by atomic mass is 10.1. The van der Waals surface area contributed by atoms with Crippen molar-refractivity contribution in [2.75, 3.05) is 20.1 Å². The minimum Gasteiger partial charge on any atom is -0.353 e. The van der Waals surface area contributed by atoms with Crippen LogP contribution in [0.4, 0.5) is 0 Å². The summed E-state index contributed by atoms with van der Waals surface area (Å²) in [7, 11) is 1.79. The molecule has 1 aromatic carbocycles. The highest BCUT2D eigenvalue weighted by molar-refractivity contribution is 5.81. The van der Waals surface area contributed by atoms with E-state index in [1.54, 1.807) is 11.9 Å². The fraction of sp³-hybridized carbons (Fsp3) is 0.556. The lowest BCUT2D eigenvalue weighted by Gasteiger charge is -2.18. The van der Waals surface area contributed by atoms with E-state index in [1.807, 2.05) is 25.1 Å². The Morgan fingerprint density at radius 1 is 1.17 bits per heavy atom. The van der Waals surface area contributed by atoms with Crippen LogP contribution in [0, 0.1) is 0 Å². The van der Waals surface area contributed by atoms with E-state index < -0.39 is 0 Å². The number of nitrogens with zero attached hydrogens (tertiary/aromatic N) is 1. The van der Waals surface area contributed by atoms with Crippen LogP contribution in [0.15, 0.2) is 30.3 Å². The maximum atomic E-state index is 12.0. The quantitative estimate of drug-likeness (QED) is 0.722. The van der Waals surface area contributed by atoms with Gasteiger partial charge in [-0.05, 0) is 45.2 Å². The summed E-state index contributed by atoms with van der Waals surface area (Å²) >= 11 is 0. The highest BCUT2D eigenvalue weighted by Gasteiger charge is 2.23. The molecule has 0 heterocycles. The largest absolute Gasteiger partial charge is 0.353 e. The van der Waals surface area contributed by atoms with Gasteiger partial charge in [-0.3, -0.25) is 14.5 Å². The Hall–Kier alpha value is -1.88. The number of nitrogens with one attached hydrogen (secondary N) is 2. The minimum atomic E-state index is -0.0349. The first kappa shape index (κ1) is 17.5. The first-order valence-electron chi connectivity index (χ1n) is 8.34. The monoisotopic (exact) mass is 317 g/mol. The molecule has 5 nitrogen and oxygen atoms in total. The van der Waals surface area contributed by atoms with Crippen molar-refractivity contribution in [2.45, 2.75) is 44.7 Å². The summed E-state index contributed by atoms with van der Waals surface area (Å²) in [5, 5.41) is 5.92. The summed E-state index contributed by atoms with van der Waals surface area (Å²) in [5.74, 6) is -0.0350. The van der Waals surface area contributed by atoms with Gasteiger partial charge < -0.3 is 10.6 Å². The molecule has 2 rings (SSSR count). The van der Waals surface area contributed by atoms with Crippen LogP contribution in [-0.4, -0.2) is 48.9 Å². The van der Waals surface area contributed by atoms with Crippen LogP contribution in [0.1, 0.15) is 31.7 Å². The Kier molecular flexibility index (Phi) is 6.59. The molecule has 5 heteroatoms. The van der Waals surface area contributed by atoms with Gasteiger partial charge in [-0.15, -0.1) is 0 Å². The SMILES string of the molecule is C[C@H](CCc1ccccc1)NC(=O)CN(C)CC(=O)NC1CC1. The van der Waals surface area contributed by atoms with Gasteiger partial charge in [0.05, 0.1) is 13.1 Å². The normalized spacial score (nSPS) is 15.3. The zero-order chi connectivity index (χ0) is 16.7. The summed E-state index contributed by atoms with van der Waals surface area (Å²) in [6, 6.07) is 10.7. The Bertz CT molecular complexity index is 514. The van der Waals surface area contributed by atoms with Gasteiger partial charge in [0.25, 0.3) is 0 Å². The summed E-state index contributed by atoms with van der Waals surface area (Å²) < 4.78 is 0. The van der Waals surface area contributed by atoms with E-state index in [-0.39, 0.29) is 30.9 Å². The Labute approximate surface area is 138 Å². The summed E-state index contributed by atoms with van der Waals surface area (Å²) in [6.45, 7) is 2.52. The average molecular weight is 317 g/mol. The zero-order valence-electron chi connectivity index (χ0n) is 14.0. The van der Waals surface area contributed by atoms with E-state index in [0.29, 0.717) is 6.04 Å². The first-order valence-corrected chi connectivity index (χ1v) is 8.34. The first-order chi connectivity index (χ1) is 11.0. The van der Waals surface area contributed by atoms with Crippen molar-refractivity contribution in [3.8, 4) is 0 Å². The van der Waals surface area contributed by atoms with Gasteiger partial charge in [-0.25, -0.2) is 0 Å². The van der Waals surface area contributed by atoms with E-state index in [2.05, 4.69) is 22.8 Å². The van der Waals surface area contributed by atoms with Crippen molar-refractivity contribution in [1.82, 2.24) is 15.5 Å². The molecule has 2 amide bonds. The Morgan fingerprint density at radius 2 is 1.83 bits per heavy atom. The van der Waals surface area contributed by atoms with Crippen molar-refractivity contribution >= 4 is 11.8 Å². The highest BCUT2D eigenvalue weighted by atomic mass is 16.2. The summed E-state index contributed by atoms with van der Waals surface area (Å²) in [6.07, 6.45) is 4.01. The van der Waals surface area contributed by atoms with Crippen LogP contribution in [0.2, 0.25) is 0 Å². The molecule has 0 aliphatic heterocycles. The van der Waals surface area contributed by atoms with E-state index in [1.165, 1.54) is 5.56 Å². The van der Waals surface area contributed by atoms with Crippen molar-refractivity contribution in [1.29, 1.82) is 0 Å². The molecule has 0 unspecified atom stereocenters. The molecule has 2 N–H and O–H groups in total. The molecule has 1 saturated carbocycles. The van der Waals surface area contributed by atoms with Crippen LogP contribution in [0.5, 0.6) is 0 Å². The van der Waals surface area contributed by atoms with Crippen molar-refractivity contribution < 1.29 is 9.59 Å². The summed E-state index contributed by atoms with van der Waals surface area (Å²) in [4.78, 5) is 25.4. The van der Waals surface area contributed by atoms with Gasteiger partial charge in [0.15, 0.2) is 0 Å². The standard InChI is InChI=1S/C18H27N3O2/c1-14(8-9-15-6-4-3-5-7-15)19-17(22)12-21(2)13-18(23)20-16-10-11-16/h3-7,14,16H,8-13H2,1-2H3,(H,19,22)(H,20,23)/t14-/m1/s1. The predicted octanol–water partition coefficient (Wildman–Crippen LogP) is 1.33. The number of aryl methyl sites for hydroxylation is 1. The van der Waals surface area contributed by atoms with Crippen LogP contribution in [0.25, 0.3) is 0 Å². The van der Waals surface area contributed by atoms with Gasteiger partial charge in [0.2, 0.25) is 11.8 Å². The molecule has 1 aliphatic carbocycles. The topological polar surface area (TPSA) is 61.4 Å². The summed E-state index contributed by atoms with van der Waals surface area (Å²) in [5.41, 5.74) is 1.28. The fourth-order valence-corrected chi connectivity index (χ4v) is 2.47. The van der Waals surface area contributed by atoms with Crippen molar-refractivity contribution in [2.24, 2.45) is 0 Å². The van der Waals surface area contributed by atoms with E-state index in [4.69, 9.17) is 0 Å². The van der Waals surface area contributed by atoms with Crippen LogP contribution >= 0.6 is 0 Å². The second-order valence-corrected chi connectivity index (χ2v) is 6.51. The van der Waals surface area contributed by atoms with Crippen molar-refractivity contribution in [3.63, 3.8) is 0 Å². The third-order valence-corrected chi connectivity index (χ3v) is 3.89.